The Kier molecular flexibility index (Phi) is 4.94. The van der Waals surface area contributed by atoms with E-state index in [1.54, 1.807) is 12.1 Å². The lowest BCUT2D eigenvalue weighted by molar-refractivity contribution is 0.625. The van der Waals surface area contributed by atoms with Crippen molar-refractivity contribution in [3.8, 4) is 0 Å². The molecule has 0 saturated carbocycles. The third-order valence-corrected chi connectivity index (χ3v) is 1.94. The van der Waals surface area contributed by atoms with Gasteiger partial charge in [0, 0.05) is 5.56 Å². The molecule has 0 amide bonds. The number of rotatable bonds is 5. The molecule has 1 rings (SSSR count). The van der Waals surface area contributed by atoms with Crippen LogP contribution < -0.4 is 5.32 Å². The van der Waals surface area contributed by atoms with Gasteiger partial charge >= 0.3 is 0 Å². The highest BCUT2D eigenvalue weighted by Gasteiger charge is 1.93. The van der Waals surface area contributed by atoms with Crippen LogP contribution in [0.3, 0.4) is 0 Å². The Morgan fingerprint density at radius 3 is 2.86 bits per heavy atom. The minimum absolute atomic E-state index is 0.160. The summed E-state index contributed by atoms with van der Waals surface area (Å²) in [5, 5.41) is 3.20. The lowest BCUT2D eigenvalue weighted by Crippen LogP contribution is -2.12. The molecule has 0 aliphatic heterocycles. The molecule has 76 valence electrons. The second kappa shape index (κ2) is 6.33. The van der Waals surface area contributed by atoms with Gasteiger partial charge < -0.3 is 5.32 Å². The number of halogens is 1. The molecule has 0 saturated heterocycles. The molecule has 14 heavy (non-hydrogen) atoms. The number of nitrogens with one attached hydrogen (secondary N) is 1. The van der Waals surface area contributed by atoms with Crippen LogP contribution in [0.2, 0.25) is 0 Å². The monoisotopic (exact) mass is 193 g/mol. The van der Waals surface area contributed by atoms with E-state index in [4.69, 9.17) is 0 Å². The molecule has 0 radical (unpaired) electrons. The van der Waals surface area contributed by atoms with Gasteiger partial charge in [-0.25, -0.2) is 4.39 Å². The molecule has 0 atom stereocenters. The lowest BCUT2D eigenvalue weighted by Gasteiger charge is -1.97. The minimum Gasteiger partial charge on any atom is -0.317 e. The van der Waals surface area contributed by atoms with Gasteiger partial charge in [0.2, 0.25) is 0 Å². The van der Waals surface area contributed by atoms with E-state index in [1.165, 1.54) is 6.07 Å². The standard InChI is InChI=1S/C12H16FN/c1-2-14-10-6-5-8-11-7-3-4-9-12(11)13/h3-5,7-9,14H,2,6,10H2,1H3. The molecule has 0 bridgehead atoms. The predicted octanol–water partition coefficient (Wildman–Crippen LogP) is 2.84. The van der Waals surface area contributed by atoms with Crippen molar-refractivity contribution in [3.63, 3.8) is 0 Å². The van der Waals surface area contributed by atoms with Crippen molar-refractivity contribution in [2.75, 3.05) is 13.1 Å². The van der Waals surface area contributed by atoms with Crippen LogP contribution in [0.1, 0.15) is 18.9 Å². The fourth-order valence-corrected chi connectivity index (χ4v) is 1.18. The minimum atomic E-state index is -0.160. The van der Waals surface area contributed by atoms with Crippen molar-refractivity contribution in [1.82, 2.24) is 5.32 Å². The first-order valence-corrected chi connectivity index (χ1v) is 4.96. The first-order chi connectivity index (χ1) is 6.84. The van der Waals surface area contributed by atoms with E-state index in [2.05, 4.69) is 12.2 Å². The summed E-state index contributed by atoms with van der Waals surface area (Å²) in [5.74, 6) is -0.160. The second-order valence-electron chi connectivity index (χ2n) is 3.07. The summed E-state index contributed by atoms with van der Waals surface area (Å²) in [4.78, 5) is 0. The van der Waals surface area contributed by atoms with E-state index in [0.29, 0.717) is 5.56 Å². The zero-order valence-corrected chi connectivity index (χ0v) is 8.46. The van der Waals surface area contributed by atoms with Crippen molar-refractivity contribution in [1.29, 1.82) is 0 Å². The maximum absolute atomic E-state index is 13.1. The zero-order valence-electron chi connectivity index (χ0n) is 8.46. The highest BCUT2D eigenvalue weighted by molar-refractivity contribution is 5.49. The molecular formula is C12H16FN. The highest BCUT2D eigenvalue weighted by atomic mass is 19.1. The van der Waals surface area contributed by atoms with Crippen LogP contribution in [-0.4, -0.2) is 13.1 Å². The quantitative estimate of drug-likeness (QED) is 0.709. The maximum Gasteiger partial charge on any atom is 0.130 e. The van der Waals surface area contributed by atoms with Crippen molar-refractivity contribution >= 4 is 6.08 Å². The summed E-state index contributed by atoms with van der Waals surface area (Å²) in [5.41, 5.74) is 0.656. The van der Waals surface area contributed by atoms with E-state index < -0.39 is 0 Å². The normalized spacial score (nSPS) is 11.0. The van der Waals surface area contributed by atoms with Crippen LogP contribution in [0.5, 0.6) is 0 Å². The Labute approximate surface area is 84.6 Å². The fourth-order valence-electron chi connectivity index (χ4n) is 1.18. The molecule has 1 N–H and O–H groups in total. The molecule has 0 heterocycles. The van der Waals surface area contributed by atoms with Crippen molar-refractivity contribution in [2.24, 2.45) is 0 Å². The molecule has 0 aromatic heterocycles. The molecule has 0 unspecified atom stereocenters. The van der Waals surface area contributed by atoms with Gasteiger partial charge in [-0.2, -0.15) is 0 Å². The van der Waals surface area contributed by atoms with Crippen molar-refractivity contribution < 1.29 is 4.39 Å². The molecule has 1 aromatic carbocycles. The van der Waals surface area contributed by atoms with E-state index in [9.17, 15) is 4.39 Å². The van der Waals surface area contributed by atoms with Crippen LogP contribution in [0.4, 0.5) is 4.39 Å². The summed E-state index contributed by atoms with van der Waals surface area (Å²) in [6.45, 7) is 4.00. The maximum atomic E-state index is 13.1. The van der Waals surface area contributed by atoms with Crippen LogP contribution in [-0.2, 0) is 0 Å². The summed E-state index contributed by atoms with van der Waals surface area (Å²) in [6.07, 6.45) is 4.75. The fraction of sp³-hybridized carbons (Fsp3) is 0.333. The number of hydrogen-bond acceptors (Lipinski definition) is 1. The van der Waals surface area contributed by atoms with Gasteiger partial charge in [0.15, 0.2) is 0 Å². The Balaban J connectivity index is 2.40. The molecular weight excluding hydrogens is 177 g/mol. The molecule has 0 spiro atoms. The largest absolute Gasteiger partial charge is 0.317 e. The summed E-state index contributed by atoms with van der Waals surface area (Å²) in [7, 11) is 0. The summed E-state index contributed by atoms with van der Waals surface area (Å²) in [6, 6.07) is 6.79. The first-order valence-electron chi connectivity index (χ1n) is 4.96. The predicted molar refractivity (Wildman–Crippen MR) is 58.6 cm³/mol. The van der Waals surface area contributed by atoms with Gasteiger partial charge in [0.05, 0.1) is 0 Å². The zero-order chi connectivity index (χ0) is 10.2. The second-order valence-corrected chi connectivity index (χ2v) is 3.07. The Morgan fingerprint density at radius 1 is 1.36 bits per heavy atom. The average Bonchev–Trinajstić information content (AvgIpc) is 2.20. The van der Waals surface area contributed by atoms with Crippen LogP contribution >= 0.6 is 0 Å². The Bertz CT molecular complexity index is 294. The van der Waals surface area contributed by atoms with Gasteiger partial charge in [0.1, 0.15) is 5.82 Å². The molecule has 0 fully saturated rings. The van der Waals surface area contributed by atoms with E-state index in [1.807, 2.05) is 18.2 Å². The molecule has 0 aliphatic rings. The van der Waals surface area contributed by atoms with Gasteiger partial charge in [-0.3, -0.25) is 0 Å². The van der Waals surface area contributed by atoms with Gasteiger partial charge in [-0.1, -0.05) is 37.3 Å². The highest BCUT2D eigenvalue weighted by Crippen LogP contribution is 2.08. The number of benzene rings is 1. The smallest absolute Gasteiger partial charge is 0.130 e. The van der Waals surface area contributed by atoms with Gasteiger partial charge in [-0.15, -0.1) is 0 Å². The first kappa shape index (κ1) is 10.9. The SMILES string of the molecule is CCNCCC=Cc1ccccc1F. The Morgan fingerprint density at radius 2 is 2.14 bits per heavy atom. The molecule has 0 aliphatic carbocycles. The van der Waals surface area contributed by atoms with Crippen LogP contribution in [0.15, 0.2) is 30.3 Å². The molecule has 1 nitrogen and oxygen atoms in total. The van der Waals surface area contributed by atoms with E-state index >= 15 is 0 Å². The molecule has 1 aromatic rings. The topological polar surface area (TPSA) is 12.0 Å². The van der Waals surface area contributed by atoms with Crippen LogP contribution in [0.25, 0.3) is 6.08 Å². The van der Waals surface area contributed by atoms with Gasteiger partial charge in [0.25, 0.3) is 0 Å². The van der Waals surface area contributed by atoms with Crippen LogP contribution in [0, 0.1) is 5.82 Å². The summed E-state index contributed by atoms with van der Waals surface area (Å²) >= 11 is 0. The Hall–Kier alpha value is -1.15. The average molecular weight is 193 g/mol. The van der Waals surface area contributed by atoms with Gasteiger partial charge in [-0.05, 0) is 25.6 Å². The summed E-state index contributed by atoms with van der Waals surface area (Å²) < 4.78 is 13.1. The molecule has 2 heteroatoms. The third-order valence-electron chi connectivity index (χ3n) is 1.94. The number of hydrogen-bond donors (Lipinski definition) is 1. The van der Waals surface area contributed by atoms with E-state index in [-0.39, 0.29) is 5.82 Å². The third kappa shape index (κ3) is 3.71. The lowest BCUT2D eigenvalue weighted by atomic mass is 10.2. The van der Waals surface area contributed by atoms with Crippen molar-refractivity contribution in [3.05, 3.63) is 41.7 Å². The van der Waals surface area contributed by atoms with Crippen molar-refractivity contribution in [2.45, 2.75) is 13.3 Å². The van der Waals surface area contributed by atoms with E-state index in [0.717, 1.165) is 19.5 Å².